The van der Waals surface area contributed by atoms with Crippen LogP contribution in [0.2, 0.25) is 0 Å². The van der Waals surface area contributed by atoms with Gasteiger partial charge < -0.3 is 5.73 Å². The molecule has 0 heterocycles. The first kappa shape index (κ1) is 13.8. The molecule has 0 spiro atoms. The zero-order chi connectivity index (χ0) is 13.2. The lowest BCUT2D eigenvalue weighted by Gasteiger charge is -2.23. The van der Waals surface area contributed by atoms with Gasteiger partial charge in [-0.05, 0) is 29.7 Å². The molecular weight excluding hydrogens is 231 g/mol. The van der Waals surface area contributed by atoms with Crippen LogP contribution in [-0.4, -0.2) is 0 Å². The Labute approximate surface area is 98.0 Å². The molecule has 1 unspecified atom stereocenters. The summed E-state index contributed by atoms with van der Waals surface area (Å²) in [6.07, 6.45) is -4.38. The van der Waals surface area contributed by atoms with Gasteiger partial charge in [0.2, 0.25) is 0 Å². The normalized spacial score (nSPS) is 14.1. The third-order valence-corrected chi connectivity index (χ3v) is 2.60. The summed E-state index contributed by atoms with van der Waals surface area (Å²) in [5.74, 6) is 5.38. The van der Waals surface area contributed by atoms with E-state index in [2.05, 4.69) is 5.43 Å². The van der Waals surface area contributed by atoms with Gasteiger partial charge in [0, 0.05) is 5.69 Å². The number of nitrogen functional groups attached to an aromatic ring is 1. The largest absolute Gasteiger partial charge is 0.416 e. The molecule has 0 radical (unpaired) electrons. The number of benzene rings is 1. The fourth-order valence-electron chi connectivity index (χ4n) is 1.66. The summed E-state index contributed by atoms with van der Waals surface area (Å²) in [6, 6.07) is 2.86. The van der Waals surface area contributed by atoms with E-state index in [1.807, 2.05) is 13.8 Å². The molecule has 96 valence electrons. The summed E-state index contributed by atoms with van der Waals surface area (Å²) in [6.45, 7) is 3.70. The molecule has 0 bridgehead atoms. The minimum absolute atomic E-state index is 0.0331. The topological polar surface area (TPSA) is 64.1 Å². The Morgan fingerprint density at radius 2 is 1.82 bits per heavy atom. The lowest BCUT2D eigenvalue weighted by Crippen LogP contribution is -2.32. The minimum Gasteiger partial charge on any atom is -0.398 e. The number of anilines is 1. The summed E-state index contributed by atoms with van der Waals surface area (Å²) >= 11 is 0. The first-order valence-electron chi connectivity index (χ1n) is 5.20. The molecule has 17 heavy (non-hydrogen) atoms. The van der Waals surface area contributed by atoms with Gasteiger partial charge in [0.25, 0.3) is 0 Å². The number of hydrogen-bond donors (Lipinski definition) is 3. The van der Waals surface area contributed by atoms with E-state index in [4.69, 9.17) is 11.6 Å². The third-order valence-electron chi connectivity index (χ3n) is 2.60. The molecule has 6 heteroatoms. The SMILES string of the molecule is CC(C)C(NN)c1cc(C(F)(F)F)ccc1N. The fraction of sp³-hybridized carbons (Fsp3) is 0.455. The maximum Gasteiger partial charge on any atom is 0.416 e. The molecule has 0 aliphatic carbocycles. The van der Waals surface area contributed by atoms with E-state index in [0.717, 1.165) is 12.1 Å². The highest BCUT2D eigenvalue weighted by molar-refractivity contribution is 5.51. The van der Waals surface area contributed by atoms with E-state index in [9.17, 15) is 13.2 Å². The van der Waals surface area contributed by atoms with Crippen LogP contribution in [0.5, 0.6) is 0 Å². The summed E-state index contributed by atoms with van der Waals surface area (Å²) in [4.78, 5) is 0. The molecule has 1 rings (SSSR count). The Kier molecular flexibility index (Phi) is 4.00. The van der Waals surface area contributed by atoms with Gasteiger partial charge in [-0.2, -0.15) is 13.2 Å². The molecule has 5 N–H and O–H groups in total. The molecular formula is C11H16F3N3. The molecule has 1 atom stereocenters. The Morgan fingerprint density at radius 1 is 1.24 bits per heavy atom. The molecule has 0 saturated heterocycles. The number of halogens is 3. The van der Waals surface area contributed by atoms with Gasteiger partial charge in [-0.25, -0.2) is 0 Å². The van der Waals surface area contributed by atoms with Crippen molar-refractivity contribution in [3.63, 3.8) is 0 Å². The van der Waals surface area contributed by atoms with Crippen molar-refractivity contribution in [2.75, 3.05) is 5.73 Å². The lowest BCUT2D eigenvalue weighted by atomic mass is 9.94. The molecule has 0 aliphatic heterocycles. The molecule has 0 amide bonds. The van der Waals surface area contributed by atoms with Crippen LogP contribution < -0.4 is 17.0 Å². The molecule has 0 fully saturated rings. The van der Waals surface area contributed by atoms with E-state index >= 15 is 0 Å². The molecule has 0 aliphatic rings. The second-order valence-electron chi connectivity index (χ2n) is 4.23. The Bertz CT molecular complexity index is 388. The van der Waals surface area contributed by atoms with E-state index in [-0.39, 0.29) is 5.92 Å². The highest BCUT2D eigenvalue weighted by Crippen LogP contribution is 2.34. The lowest BCUT2D eigenvalue weighted by molar-refractivity contribution is -0.137. The van der Waals surface area contributed by atoms with Crippen molar-refractivity contribution >= 4 is 5.69 Å². The first-order valence-corrected chi connectivity index (χ1v) is 5.20. The van der Waals surface area contributed by atoms with Gasteiger partial charge in [0.05, 0.1) is 11.6 Å². The molecule has 0 saturated carbocycles. The van der Waals surface area contributed by atoms with Gasteiger partial charge >= 0.3 is 6.18 Å². The van der Waals surface area contributed by atoms with Crippen molar-refractivity contribution in [3.05, 3.63) is 29.3 Å². The van der Waals surface area contributed by atoms with Crippen LogP contribution in [0.25, 0.3) is 0 Å². The van der Waals surface area contributed by atoms with Gasteiger partial charge in [-0.1, -0.05) is 13.8 Å². The Balaban J connectivity index is 3.23. The molecule has 0 aromatic heterocycles. The number of rotatable bonds is 3. The van der Waals surface area contributed by atoms with Gasteiger partial charge in [0.1, 0.15) is 0 Å². The van der Waals surface area contributed by atoms with Gasteiger partial charge in [-0.15, -0.1) is 0 Å². The summed E-state index contributed by atoms with van der Waals surface area (Å²) < 4.78 is 37.7. The second kappa shape index (κ2) is 4.93. The fourth-order valence-corrected chi connectivity index (χ4v) is 1.66. The Hall–Kier alpha value is -1.27. The van der Waals surface area contributed by atoms with Crippen LogP contribution in [0.15, 0.2) is 18.2 Å². The summed E-state index contributed by atoms with van der Waals surface area (Å²) in [5, 5.41) is 0. The average Bonchev–Trinajstić information content (AvgIpc) is 2.19. The number of alkyl halides is 3. The van der Waals surface area contributed by atoms with Crippen molar-refractivity contribution in [1.82, 2.24) is 5.43 Å². The number of hydrazine groups is 1. The van der Waals surface area contributed by atoms with Crippen molar-refractivity contribution < 1.29 is 13.2 Å². The first-order chi connectivity index (χ1) is 7.77. The predicted molar refractivity (Wildman–Crippen MR) is 60.8 cm³/mol. The number of hydrogen-bond acceptors (Lipinski definition) is 3. The highest BCUT2D eigenvalue weighted by Gasteiger charge is 2.31. The van der Waals surface area contributed by atoms with E-state index in [0.29, 0.717) is 11.3 Å². The minimum atomic E-state index is -4.38. The maximum absolute atomic E-state index is 12.6. The van der Waals surface area contributed by atoms with Crippen molar-refractivity contribution in [2.24, 2.45) is 11.8 Å². The molecule has 1 aromatic carbocycles. The summed E-state index contributed by atoms with van der Waals surface area (Å²) in [7, 11) is 0. The van der Waals surface area contributed by atoms with Crippen LogP contribution in [0.3, 0.4) is 0 Å². The predicted octanol–water partition coefficient (Wildman–Crippen LogP) is 2.45. The standard InChI is InChI=1S/C11H16F3N3/c1-6(2)10(17-16)8-5-7(11(12,13)14)3-4-9(8)15/h3-6,10,17H,15-16H2,1-2H3. The van der Waals surface area contributed by atoms with Crippen molar-refractivity contribution in [1.29, 1.82) is 0 Å². The van der Waals surface area contributed by atoms with E-state index in [1.54, 1.807) is 0 Å². The van der Waals surface area contributed by atoms with Gasteiger partial charge in [-0.3, -0.25) is 11.3 Å². The van der Waals surface area contributed by atoms with Crippen LogP contribution >= 0.6 is 0 Å². The quantitative estimate of drug-likeness (QED) is 0.436. The number of nitrogens with two attached hydrogens (primary N) is 2. The molecule has 1 aromatic rings. The number of nitrogens with one attached hydrogen (secondary N) is 1. The monoisotopic (exact) mass is 247 g/mol. The Morgan fingerprint density at radius 3 is 2.24 bits per heavy atom. The van der Waals surface area contributed by atoms with Crippen LogP contribution in [0.4, 0.5) is 18.9 Å². The van der Waals surface area contributed by atoms with Crippen molar-refractivity contribution in [3.8, 4) is 0 Å². The van der Waals surface area contributed by atoms with E-state index < -0.39 is 17.8 Å². The van der Waals surface area contributed by atoms with Gasteiger partial charge in [0.15, 0.2) is 0 Å². The zero-order valence-corrected chi connectivity index (χ0v) is 9.68. The highest BCUT2D eigenvalue weighted by atomic mass is 19.4. The van der Waals surface area contributed by atoms with Crippen LogP contribution in [0, 0.1) is 5.92 Å². The zero-order valence-electron chi connectivity index (χ0n) is 9.68. The van der Waals surface area contributed by atoms with Crippen molar-refractivity contribution in [2.45, 2.75) is 26.1 Å². The molecule has 3 nitrogen and oxygen atoms in total. The third kappa shape index (κ3) is 3.10. The smallest absolute Gasteiger partial charge is 0.398 e. The summed E-state index contributed by atoms with van der Waals surface area (Å²) in [5.41, 5.74) is 8.13. The average molecular weight is 247 g/mol. The van der Waals surface area contributed by atoms with Crippen LogP contribution in [-0.2, 0) is 6.18 Å². The second-order valence-corrected chi connectivity index (χ2v) is 4.23. The van der Waals surface area contributed by atoms with E-state index in [1.165, 1.54) is 6.07 Å². The van der Waals surface area contributed by atoms with Crippen LogP contribution in [0.1, 0.15) is 31.0 Å². The maximum atomic E-state index is 12.6.